The van der Waals surface area contributed by atoms with E-state index >= 15 is 0 Å². The Morgan fingerprint density at radius 2 is 1.90 bits per heavy atom. The minimum atomic E-state index is -0.0746. The van der Waals surface area contributed by atoms with Gasteiger partial charge in [0.15, 0.2) is 0 Å². The fourth-order valence-electron chi connectivity index (χ4n) is 5.22. The van der Waals surface area contributed by atoms with Gasteiger partial charge in [0.2, 0.25) is 5.88 Å². The number of nitrogens with one attached hydrogen (secondary N) is 1. The Bertz CT molecular complexity index is 1110. The smallest absolute Gasteiger partial charge is 0.255 e. The number of hydrogen-bond donors (Lipinski definition) is 1. The van der Waals surface area contributed by atoms with Crippen LogP contribution in [0, 0.1) is 0 Å². The number of carbonyl (C=O) groups excluding carboxylic acids is 1. The Morgan fingerprint density at radius 1 is 1.10 bits per heavy atom. The average molecular weight is 421 g/mol. The van der Waals surface area contributed by atoms with Crippen molar-refractivity contribution in [3.05, 3.63) is 53.3 Å². The number of amides is 1. The number of piperidine rings is 1. The highest BCUT2D eigenvalue weighted by molar-refractivity contribution is 5.94. The van der Waals surface area contributed by atoms with E-state index in [-0.39, 0.29) is 11.4 Å². The van der Waals surface area contributed by atoms with E-state index < -0.39 is 0 Å². The molecule has 1 N–H and O–H groups in total. The van der Waals surface area contributed by atoms with Crippen LogP contribution in [0.2, 0.25) is 0 Å². The van der Waals surface area contributed by atoms with Gasteiger partial charge in [-0.15, -0.1) is 0 Å². The van der Waals surface area contributed by atoms with Gasteiger partial charge < -0.3 is 19.4 Å². The van der Waals surface area contributed by atoms with Crippen LogP contribution in [0.25, 0.3) is 10.9 Å². The van der Waals surface area contributed by atoms with Crippen molar-refractivity contribution >= 4 is 16.8 Å². The molecule has 1 amide bonds. The number of ether oxygens (including phenoxy) is 2. The quantitative estimate of drug-likeness (QED) is 0.705. The lowest BCUT2D eigenvalue weighted by Gasteiger charge is -2.49. The molecule has 1 aromatic carbocycles. The van der Waals surface area contributed by atoms with Crippen LogP contribution in [0.1, 0.15) is 34.5 Å². The zero-order valence-corrected chi connectivity index (χ0v) is 18.3. The standard InChI is InChI=1S/C24H28N4O3/c1-27-11-8-18-19-14-17(30-2)5-6-20(19)26-22(18)24(27)9-12-28(13-10-24)23(29)16-4-7-21(31-3)25-15-16/h4-7,14-15,26H,8-13H2,1-3H3. The summed E-state index contributed by atoms with van der Waals surface area (Å²) in [4.78, 5) is 25.3. The number of carbonyl (C=O) groups is 1. The van der Waals surface area contributed by atoms with E-state index in [1.807, 2.05) is 11.0 Å². The monoisotopic (exact) mass is 420 g/mol. The van der Waals surface area contributed by atoms with Crippen LogP contribution < -0.4 is 9.47 Å². The highest BCUT2D eigenvalue weighted by Gasteiger charge is 2.45. The van der Waals surface area contributed by atoms with Crippen molar-refractivity contribution in [1.82, 2.24) is 19.8 Å². The summed E-state index contributed by atoms with van der Waals surface area (Å²) in [6.07, 6.45) is 4.41. The molecule has 0 bridgehead atoms. The molecule has 31 heavy (non-hydrogen) atoms. The van der Waals surface area contributed by atoms with E-state index in [4.69, 9.17) is 9.47 Å². The van der Waals surface area contributed by atoms with Crippen LogP contribution in [0.15, 0.2) is 36.5 Å². The lowest BCUT2D eigenvalue weighted by Crippen LogP contribution is -2.55. The van der Waals surface area contributed by atoms with E-state index in [9.17, 15) is 4.79 Å². The maximum atomic E-state index is 13.0. The first-order valence-electron chi connectivity index (χ1n) is 10.8. The first-order chi connectivity index (χ1) is 15.1. The van der Waals surface area contributed by atoms with Crippen LogP contribution in [-0.4, -0.2) is 66.6 Å². The predicted octanol–water partition coefficient (Wildman–Crippen LogP) is 3.20. The number of benzene rings is 1. The zero-order chi connectivity index (χ0) is 21.6. The first-order valence-corrected chi connectivity index (χ1v) is 10.8. The molecule has 162 valence electrons. The van der Waals surface area contributed by atoms with E-state index in [0.717, 1.165) is 37.1 Å². The summed E-state index contributed by atoms with van der Waals surface area (Å²) in [5.41, 5.74) is 4.39. The summed E-state index contributed by atoms with van der Waals surface area (Å²) in [7, 11) is 5.49. The van der Waals surface area contributed by atoms with Crippen molar-refractivity contribution in [2.45, 2.75) is 24.8 Å². The Balaban J connectivity index is 1.42. The van der Waals surface area contributed by atoms with Crippen LogP contribution in [0.4, 0.5) is 0 Å². The minimum absolute atomic E-state index is 0.0325. The number of fused-ring (bicyclic) bond motifs is 4. The van der Waals surface area contributed by atoms with Gasteiger partial charge in [0.1, 0.15) is 5.75 Å². The van der Waals surface area contributed by atoms with Gasteiger partial charge in [-0.2, -0.15) is 0 Å². The van der Waals surface area contributed by atoms with Gasteiger partial charge in [0, 0.05) is 48.5 Å². The molecule has 0 unspecified atom stereocenters. The Labute approximate surface area is 182 Å². The Hall–Kier alpha value is -3.06. The van der Waals surface area contributed by atoms with Crippen LogP contribution >= 0.6 is 0 Å². The summed E-state index contributed by atoms with van der Waals surface area (Å²) in [6, 6.07) is 9.77. The molecule has 2 aliphatic rings. The van der Waals surface area contributed by atoms with Crippen molar-refractivity contribution in [3.63, 3.8) is 0 Å². The second-order valence-corrected chi connectivity index (χ2v) is 8.47. The molecule has 7 nitrogen and oxygen atoms in total. The van der Waals surface area contributed by atoms with Crippen molar-refractivity contribution in [1.29, 1.82) is 0 Å². The van der Waals surface area contributed by atoms with Crippen LogP contribution in [0.5, 0.6) is 11.6 Å². The number of pyridine rings is 1. The van der Waals surface area contributed by atoms with Crippen LogP contribution in [-0.2, 0) is 12.0 Å². The third kappa shape index (κ3) is 3.15. The highest BCUT2D eigenvalue weighted by atomic mass is 16.5. The number of hydrogen-bond acceptors (Lipinski definition) is 5. The number of likely N-dealkylation sites (tertiary alicyclic amines) is 1. The summed E-state index contributed by atoms with van der Waals surface area (Å²) < 4.78 is 10.6. The number of nitrogens with zero attached hydrogens (tertiary/aromatic N) is 3. The molecule has 2 aromatic heterocycles. The molecule has 2 aliphatic heterocycles. The molecule has 0 aliphatic carbocycles. The lowest BCUT2D eigenvalue weighted by molar-refractivity contribution is 0.0231. The molecule has 1 spiro atoms. The molecule has 1 fully saturated rings. The molecule has 1 saturated heterocycles. The maximum absolute atomic E-state index is 13.0. The molecular weight excluding hydrogens is 392 g/mol. The molecular formula is C24H28N4O3. The van der Waals surface area contributed by atoms with E-state index in [1.54, 1.807) is 32.5 Å². The Morgan fingerprint density at radius 3 is 2.58 bits per heavy atom. The van der Waals surface area contributed by atoms with E-state index in [2.05, 4.69) is 34.0 Å². The SMILES string of the molecule is COc1ccc2[nH]c3c(c2c1)CCN(C)C31CCN(C(=O)c2ccc(OC)nc2)CC1. The number of rotatable bonds is 3. The van der Waals surface area contributed by atoms with Gasteiger partial charge in [-0.1, -0.05) is 0 Å². The summed E-state index contributed by atoms with van der Waals surface area (Å²) in [5.74, 6) is 1.43. The zero-order valence-electron chi connectivity index (χ0n) is 18.3. The molecule has 4 heterocycles. The van der Waals surface area contributed by atoms with Gasteiger partial charge in [-0.05, 0) is 56.1 Å². The molecule has 5 rings (SSSR count). The lowest BCUT2D eigenvalue weighted by atomic mass is 9.77. The van der Waals surface area contributed by atoms with Gasteiger partial charge in [-0.25, -0.2) is 4.98 Å². The fourth-order valence-corrected chi connectivity index (χ4v) is 5.22. The van der Waals surface area contributed by atoms with Gasteiger partial charge >= 0.3 is 0 Å². The van der Waals surface area contributed by atoms with Crippen molar-refractivity contribution in [3.8, 4) is 11.6 Å². The summed E-state index contributed by atoms with van der Waals surface area (Å²) >= 11 is 0. The first kappa shape index (κ1) is 19.9. The summed E-state index contributed by atoms with van der Waals surface area (Å²) in [6.45, 7) is 2.44. The highest BCUT2D eigenvalue weighted by Crippen LogP contribution is 2.45. The fraction of sp³-hybridized carbons (Fsp3) is 0.417. The molecule has 7 heteroatoms. The molecule has 3 aromatic rings. The molecule has 0 saturated carbocycles. The normalized spacial score (nSPS) is 18.2. The van der Waals surface area contributed by atoms with Gasteiger partial charge in [-0.3, -0.25) is 9.69 Å². The van der Waals surface area contributed by atoms with Crippen molar-refractivity contribution < 1.29 is 14.3 Å². The third-order valence-corrected chi connectivity index (χ3v) is 7.08. The predicted molar refractivity (Wildman–Crippen MR) is 119 cm³/mol. The van der Waals surface area contributed by atoms with Gasteiger partial charge in [0.25, 0.3) is 5.91 Å². The Kier molecular flexibility index (Phi) is 4.85. The van der Waals surface area contributed by atoms with Gasteiger partial charge in [0.05, 0.1) is 25.3 Å². The number of methoxy groups -OCH3 is 2. The number of aromatic nitrogens is 2. The molecule has 0 atom stereocenters. The average Bonchev–Trinajstić information content (AvgIpc) is 3.20. The van der Waals surface area contributed by atoms with E-state index in [0.29, 0.717) is 24.5 Å². The minimum Gasteiger partial charge on any atom is -0.497 e. The molecule has 0 radical (unpaired) electrons. The largest absolute Gasteiger partial charge is 0.497 e. The second-order valence-electron chi connectivity index (χ2n) is 8.47. The number of H-pyrrole nitrogens is 1. The maximum Gasteiger partial charge on any atom is 0.255 e. The van der Waals surface area contributed by atoms with Crippen LogP contribution in [0.3, 0.4) is 0 Å². The van der Waals surface area contributed by atoms with Crippen molar-refractivity contribution in [2.75, 3.05) is 40.9 Å². The van der Waals surface area contributed by atoms with E-state index in [1.165, 1.54) is 16.6 Å². The number of aromatic amines is 1. The second kappa shape index (κ2) is 7.57. The third-order valence-electron chi connectivity index (χ3n) is 7.08. The number of likely N-dealkylation sites (N-methyl/N-ethyl adjacent to an activating group) is 1. The topological polar surface area (TPSA) is 70.7 Å². The van der Waals surface area contributed by atoms with Crippen molar-refractivity contribution in [2.24, 2.45) is 0 Å². The summed E-state index contributed by atoms with van der Waals surface area (Å²) in [5, 5.41) is 1.25.